The number of benzene rings is 1. The van der Waals surface area contributed by atoms with Gasteiger partial charge in [0.1, 0.15) is 10.6 Å². The van der Waals surface area contributed by atoms with Crippen LogP contribution in [0.25, 0.3) is 10.6 Å². The summed E-state index contributed by atoms with van der Waals surface area (Å²) in [5.74, 6) is 0. The second-order valence-corrected chi connectivity index (χ2v) is 7.75. The molecule has 0 unspecified atom stereocenters. The van der Waals surface area contributed by atoms with Crippen molar-refractivity contribution in [3.63, 3.8) is 0 Å². The Kier molecular flexibility index (Phi) is 4.23. The van der Waals surface area contributed by atoms with E-state index >= 15 is 0 Å². The van der Waals surface area contributed by atoms with E-state index in [-0.39, 0.29) is 4.90 Å². The standard InChI is InChI=1S/C16H17N3O2S2/c1-3-12-6-8-13(9-7-12)18-23(20,21)15-11-19(2)17-16(15)14-5-4-10-22-14/h4-11,18H,3H2,1-2H3. The molecular formula is C16H17N3O2S2. The first-order valence-electron chi connectivity index (χ1n) is 7.19. The summed E-state index contributed by atoms with van der Waals surface area (Å²) < 4.78 is 29.6. The van der Waals surface area contributed by atoms with Crippen LogP contribution in [0.5, 0.6) is 0 Å². The maximum Gasteiger partial charge on any atom is 0.265 e. The average Bonchev–Trinajstić information content (AvgIpc) is 3.17. The molecule has 0 aliphatic carbocycles. The van der Waals surface area contributed by atoms with Crippen LogP contribution in [0.1, 0.15) is 12.5 Å². The predicted octanol–water partition coefficient (Wildman–Crippen LogP) is 3.51. The fraction of sp³-hybridized carbons (Fsp3) is 0.188. The van der Waals surface area contributed by atoms with Gasteiger partial charge in [-0.1, -0.05) is 25.1 Å². The zero-order valence-electron chi connectivity index (χ0n) is 12.9. The van der Waals surface area contributed by atoms with E-state index < -0.39 is 10.0 Å². The third-order valence-corrected chi connectivity index (χ3v) is 5.71. The van der Waals surface area contributed by atoms with Gasteiger partial charge in [0.25, 0.3) is 10.0 Å². The first-order valence-corrected chi connectivity index (χ1v) is 9.55. The molecule has 3 aromatic rings. The van der Waals surface area contributed by atoms with Crippen molar-refractivity contribution in [1.29, 1.82) is 0 Å². The van der Waals surface area contributed by atoms with Crippen LogP contribution in [0.15, 0.2) is 52.9 Å². The van der Waals surface area contributed by atoms with Crippen LogP contribution >= 0.6 is 11.3 Å². The molecule has 0 atom stereocenters. The second-order valence-electron chi connectivity index (χ2n) is 5.15. The van der Waals surface area contributed by atoms with Crippen molar-refractivity contribution in [1.82, 2.24) is 9.78 Å². The molecule has 0 bridgehead atoms. The number of hydrogen-bond acceptors (Lipinski definition) is 4. The quantitative estimate of drug-likeness (QED) is 0.768. The molecule has 2 aromatic heterocycles. The van der Waals surface area contributed by atoms with Crippen molar-refractivity contribution in [3.05, 3.63) is 53.5 Å². The monoisotopic (exact) mass is 347 g/mol. The van der Waals surface area contributed by atoms with Crippen LogP contribution in [-0.2, 0) is 23.5 Å². The number of hydrogen-bond donors (Lipinski definition) is 1. The summed E-state index contributed by atoms with van der Waals surface area (Å²) in [5.41, 5.74) is 2.18. The molecule has 7 heteroatoms. The zero-order chi connectivity index (χ0) is 16.4. The maximum atomic E-state index is 12.7. The lowest BCUT2D eigenvalue weighted by molar-refractivity contribution is 0.601. The van der Waals surface area contributed by atoms with E-state index in [4.69, 9.17) is 0 Å². The molecule has 120 valence electrons. The highest BCUT2D eigenvalue weighted by Crippen LogP contribution is 2.30. The fourth-order valence-corrected chi connectivity index (χ4v) is 4.31. The largest absolute Gasteiger partial charge is 0.280 e. The Labute approximate surface area is 139 Å². The second kappa shape index (κ2) is 6.17. The van der Waals surface area contributed by atoms with Crippen LogP contribution in [-0.4, -0.2) is 18.2 Å². The molecule has 0 aliphatic heterocycles. The number of rotatable bonds is 5. The lowest BCUT2D eigenvalue weighted by atomic mass is 10.2. The minimum atomic E-state index is -3.70. The van der Waals surface area contributed by atoms with Crippen LogP contribution in [0.4, 0.5) is 5.69 Å². The number of anilines is 1. The molecule has 0 radical (unpaired) electrons. The normalized spacial score (nSPS) is 11.6. The summed E-state index contributed by atoms with van der Waals surface area (Å²) in [6, 6.07) is 11.1. The first-order chi connectivity index (χ1) is 11.0. The number of sulfonamides is 1. The van der Waals surface area contributed by atoms with Gasteiger partial charge in [-0.3, -0.25) is 9.40 Å². The predicted molar refractivity (Wildman–Crippen MR) is 93.1 cm³/mol. The van der Waals surface area contributed by atoms with Gasteiger partial charge in [-0.15, -0.1) is 11.3 Å². The van der Waals surface area contributed by atoms with Gasteiger partial charge in [0, 0.05) is 18.9 Å². The molecule has 3 rings (SSSR count). The Morgan fingerprint density at radius 2 is 1.96 bits per heavy atom. The molecule has 23 heavy (non-hydrogen) atoms. The number of thiophene rings is 1. The van der Waals surface area contributed by atoms with Crippen molar-refractivity contribution < 1.29 is 8.42 Å². The van der Waals surface area contributed by atoms with Crippen molar-refractivity contribution in [2.75, 3.05) is 4.72 Å². The highest BCUT2D eigenvalue weighted by Gasteiger charge is 2.23. The first kappa shape index (κ1) is 15.8. The number of aromatic nitrogens is 2. The molecule has 0 amide bonds. The molecular weight excluding hydrogens is 330 g/mol. The van der Waals surface area contributed by atoms with Gasteiger partial charge in [-0.05, 0) is 35.6 Å². The topological polar surface area (TPSA) is 64.0 Å². The fourth-order valence-electron chi connectivity index (χ4n) is 2.27. The van der Waals surface area contributed by atoms with Gasteiger partial charge in [0.15, 0.2) is 0 Å². The molecule has 0 saturated carbocycles. The minimum Gasteiger partial charge on any atom is -0.280 e. The summed E-state index contributed by atoms with van der Waals surface area (Å²) in [6.45, 7) is 2.06. The third-order valence-electron chi connectivity index (χ3n) is 3.45. The number of aryl methyl sites for hydroxylation is 2. The van der Waals surface area contributed by atoms with Gasteiger partial charge >= 0.3 is 0 Å². The Bertz CT molecular complexity index is 895. The smallest absolute Gasteiger partial charge is 0.265 e. The van der Waals surface area contributed by atoms with Crippen LogP contribution in [0.3, 0.4) is 0 Å². The molecule has 5 nitrogen and oxygen atoms in total. The van der Waals surface area contributed by atoms with Crippen molar-refractivity contribution in [2.24, 2.45) is 7.05 Å². The molecule has 2 heterocycles. The van der Waals surface area contributed by atoms with Gasteiger partial charge in [0.2, 0.25) is 0 Å². The lowest BCUT2D eigenvalue weighted by Crippen LogP contribution is -2.13. The van der Waals surface area contributed by atoms with E-state index in [1.807, 2.05) is 29.6 Å². The van der Waals surface area contributed by atoms with E-state index in [9.17, 15) is 8.42 Å². The molecule has 0 fully saturated rings. The van der Waals surface area contributed by atoms with Crippen molar-refractivity contribution in [2.45, 2.75) is 18.2 Å². The summed E-state index contributed by atoms with van der Waals surface area (Å²) in [5, 5.41) is 6.20. The summed E-state index contributed by atoms with van der Waals surface area (Å²) >= 11 is 1.46. The molecule has 1 N–H and O–H groups in total. The Morgan fingerprint density at radius 1 is 1.22 bits per heavy atom. The molecule has 0 aliphatic rings. The SMILES string of the molecule is CCc1ccc(NS(=O)(=O)c2cn(C)nc2-c2cccs2)cc1. The third kappa shape index (κ3) is 3.30. The summed E-state index contributed by atoms with van der Waals surface area (Å²) in [6.07, 6.45) is 2.44. The zero-order valence-corrected chi connectivity index (χ0v) is 14.5. The van der Waals surface area contributed by atoms with Crippen LogP contribution in [0, 0.1) is 0 Å². The van der Waals surface area contributed by atoms with Gasteiger partial charge in [0.05, 0.1) is 4.88 Å². The molecule has 0 saturated heterocycles. The highest BCUT2D eigenvalue weighted by atomic mass is 32.2. The summed E-state index contributed by atoms with van der Waals surface area (Å²) in [7, 11) is -1.98. The van der Waals surface area contributed by atoms with Crippen molar-refractivity contribution in [3.8, 4) is 10.6 Å². The lowest BCUT2D eigenvalue weighted by Gasteiger charge is -2.08. The highest BCUT2D eigenvalue weighted by molar-refractivity contribution is 7.92. The Hall–Kier alpha value is -2.12. The number of nitrogens with zero attached hydrogens (tertiary/aromatic N) is 2. The molecule has 0 spiro atoms. The van der Waals surface area contributed by atoms with E-state index in [0.717, 1.165) is 16.9 Å². The van der Waals surface area contributed by atoms with E-state index in [2.05, 4.69) is 16.7 Å². The minimum absolute atomic E-state index is 0.182. The van der Waals surface area contributed by atoms with Gasteiger partial charge in [-0.2, -0.15) is 5.10 Å². The average molecular weight is 347 g/mol. The summed E-state index contributed by atoms with van der Waals surface area (Å²) in [4.78, 5) is 1.01. The molecule has 1 aromatic carbocycles. The van der Waals surface area contributed by atoms with Crippen molar-refractivity contribution >= 4 is 27.0 Å². The van der Waals surface area contributed by atoms with Crippen LogP contribution < -0.4 is 4.72 Å². The van der Waals surface area contributed by atoms with Crippen LogP contribution in [0.2, 0.25) is 0 Å². The Balaban J connectivity index is 1.96. The maximum absolute atomic E-state index is 12.7. The van der Waals surface area contributed by atoms with E-state index in [0.29, 0.717) is 11.4 Å². The number of nitrogens with one attached hydrogen (secondary N) is 1. The van der Waals surface area contributed by atoms with Gasteiger partial charge in [-0.25, -0.2) is 8.42 Å². The van der Waals surface area contributed by atoms with E-state index in [1.165, 1.54) is 22.2 Å². The van der Waals surface area contributed by atoms with Gasteiger partial charge < -0.3 is 0 Å². The van der Waals surface area contributed by atoms with E-state index in [1.54, 1.807) is 19.2 Å². The Morgan fingerprint density at radius 3 is 2.57 bits per heavy atom.